The molecule has 0 spiro atoms. The number of hydrogen-bond donors (Lipinski definition) is 0. The highest BCUT2D eigenvalue weighted by molar-refractivity contribution is 5.68. The average Bonchev–Trinajstić information content (AvgIpc) is 2.52. The van der Waals surface area contributed by atoms with Crippen LogP contribution in [0.4, 0.5) is 4.79 Å². The van der Waals surface area contributed by atoms with Gasteiger partial charge in [0.25, 0.3) is 0 Å². The average molecular weight is 330 g/mol. The first-order valence-corrected chi connectivity index (χ1v) is 8.79. The number of nitrogens with zero attached hydrogens (tertiary/aromatic N) is 2. The largest absolute Gasteiger partial charge is 0.444 e. The van der Waals surface area contributed by atoms with E-state index in [-0.39, 0.29) is 6.09 Å². The smallest absolute Gasteiger partial charge is 0.410 e. The lowest BCUT2D eigenvalue weighted by molar-refractivity contribution is 0.00608. The molecule has 1 aromatic carbocycles. The van der Waals surface area contributed by atoms with Crippen LogP contribution in [0.1, 0.15) is 39.7 Å². The van der Waals surface area contributed by atoms with Crippen LogP contribution in [0.3, 0.4) is 0 Å². The number of rotatable bonds is 4. The molecule has 2 rings (SSSR count). The molecule has 0 N–H and O–H groups in total. The molecular weight excluding hydrogens is 300 g/mol. The maximum atomic E-state index is 12.2. The number of piperazine rings is 1. The molecule has 132 valence electrons. The highest BCUT2D eigenvalue weighted by Crippen LogP contribution is 2.15. The molecule has 1 atom stereocenters. The van der Waals surface area contributed by atoms with Crippen molar-refractivity contribution in [3.05, 3.63) is 42.0 Å². The maximum absolute atomic E-state index is 12.2. The summed E-state index contributed by atoms with van der Waals surface area (Å²) in [5, 5.41) is 0. The summed E-state index contributed by atoms with van der Waals surface area (Å²) in [6.45, 7) is 11.3. The minimum absolute atomic E-state index is 0.196. The Morgan fingerprint density at radius 1 is 1.25 bits per heavy atom. The van der Waals surface area contributed by atoms with Crippen molar-refractivity contribution in [1.29, 1.82) is 0 Å². The van der Waals surface area contributed by atoms with Crippen molar-refractivity contribution in [3.8, 4) is 0 Å². The third-order valence-electron chi connectivity index (χ3n) is 4.11. The Kier molecular flexibility index (Phi) is 6.44. The van der Waals surface area contributed by atoms with Gasteiger partial charge in [0.15, 0.2) is 0 Å². The number of carbonyl (C=O) groups excluding carboxylic acids is 1. The fourth-order valence-electron chi connectivity index (χ4n) is 2.84. The van der Waals surface area contributed by atoms with Gasteiger partial charge in [-0.25, -0.2) is 4.79 Å². The Hall–Kier alpha value is -1.81. The molecule has 0 radical (unpaired) electrons. The summed E-state index contributed by atoms with van der Waals surface area (Å²) < 4.78 is 5.47. The highest BCUT2D eigenvalue weighted by atomic mass is 16.6. The number of hydrogen-bond acceptors (Lipinski definition) is 3. The SMILES string of the molecule is CC1CN(C(=O)OC(C)(C)C)CCN1CCC=Cc1ccccc1. The van der Waals surface area contributed by atoms with E-state index in [1.165, 1.54) is 5.56 Å². The van der Waals surface area contributed by atoms with Crippen LogP contribution in [0.5, 0.6) is 0 Å². The van der Waals surface area contributed by atoms with Crippen molar-refractivity contribution in [2.75, 3.05) is 26.2 Å². The lowest BCUT2D eigenvalue weighted by atomic mass is 10.1. The van der Waals surface area contributed by atoms with E-state index >= 15 is 0 Å². The standard InChI is InChI=1S/C20H30N2O2/c1-17-16-22(19(23)24-20(2,3)4)15-14-21(17)13-9-8-12-18-10-6-5-7-11-18/h5-8,10-12,17H,9,13-16H2,1-4H3. The first kappa shape index (κ1) is 18.5. The Morgan fingerprint density at radius 3 is 2.58 bits per heavy atom. The van der Waals surface area contributed by atoms with Crippen LogP contribution in [0.15, 0.2) is 36.4 Å². The number of amides is 1. The van der Waals surface area contributed by atoms with Gasteiger partial charge in [0.05, 0.1) is 0 Å². The number of carbonyl (C=O) groups is 1. The Bertz CT molecular complexity index is 549. The molecule has 1 amide bonds. The van der Waals surface area contributed by atoms with E-state index in [2.05, 4.69) is 48.2 Å². The molecule has 4 nitrogen and oxygen atoms in total. The summed E-state index contributed by atoms with van der Waals surface area (Å²) >= 11 is 0. The molecule has 1 saturated heterocycles. The Labute approximate surface area is 146 Å². The predicted octanol–water partition coefficient (Wildman–Crippen LogP) is 4.03. The summed E-state index contributed by atoms with van der Waals surface area (Å²) in [4.78, 5) is 16.4. The van der Waals surface area contributed by atoms with Gasteiger partial charge in [0.1, 0.15) is 5.60 Å². The molecule has 1 fully saturated rings. The molecule has 0 aliphatic carbocycles. The zero-order valence-electron chi connectivity index (χ0n) is 15.4. The second kappa shape index (κ2) is 8.34. The second-order valence-electron chi connectivity index (χ2n) is 7.41. The number of ether oxygens (including phenoxy) is 1. The molecule has 1 aromatic rings. The maximum Gasteiger partial charge on any atom is 0.410 e. The van der Waals surface area contributed by atoms with E-state index in [0.29, 0.717) is 6.04 Å². The van der Waals surface area contributed by atoms with Crippen LogP contribution >= 0.6 is 0 Å². The van der Waals surface area contributed by atoms with E-state index < -0.39 is 5.60 Å². The topological polar surface area (TPSA) is 32.8 Å². The summed E-state index contributed by atoms with van der Waals surface area (Å²) in [6, 6.07) is 10.7. The molecule has 1 aliphatic rings. The van der Waals surface area contributed by atoms with Gasteiger partial charge < -0.3 is 9.64 Å². The summed E-state index contributed by atoms with van der Waals surface area (Å²) in [5.41, 5.74) is 0.806. The Balaban J connectivity index is 1.75. The van der Waals surface area contributed by atoms with Gasteiger partial charge >= 0.3 is 6.09 Å². The van der Waals surface area contributed by atoms with E-state index in [4.69, 9.17) is 4.74 Å². The van der Waals surface area contributed by atoms with Crippen molar-refractivity contribution >= 4 is 12.2 Å². The van der Waals surface area contributed by atoms with Crippen LogP contribution in [0.25, 0.3) is 6.08 Å². The molecular formula is C20H30N2O2. The zero-order valence-corrected chi connectivity index (χ0v) is 15.4. The van der Waals surface area contributed by atoms with Gasteiger partial charge in [-0.2, -0.15) is 0 Å². The van der Waals surface area contributed by atoms with Crippen LogP contribution in [0, 0.1) is 0 Å². The van der Waals surface area contributed by atoms with Crippen LogP contribution < -0.4 is 0 Å². The lowest BCUT2D eigenvalue weighted by Gasteiger charge is -2.40. The lowest BCUT2D eigenvalue weighted by Crippen LogP contribution is -2.54. The minimum atomic E-state index is -0.431. The summed E-state index contributed by atoms with van der Waals surface area (Å²) in [7, 11) is 0. The van der Waals surface area contributed by atoms with Gasteiger partial charge in [-0.05, 0) is 39.7 Å². The van der Waals surface area contributed by atoms with Gasteiger partial charge in [0, 0.05) is 32.2 Å². The molecule has 1 heterocycles. The van der Waals surface area contributed by atoms with E-state index in [1.807, 2.05) is 31.7 Å². The molecule has 0 saturated carbocycles. The van der Waals surface area contributed by atoms with Gasteiger partial charge in [-0.3, -0.25) is 4.90 Å². The van der Waals surface area contributed by atoms with Crippen molar-refractivity contribution in [3.63, 3.8) is 0 Å². The molecule has 24 heavy (non-hydrogen) atoms. The Morgan fingerprint density at radius 2 is 1.96 bits per heavy atom. The first-order chi connectivity index (χ1) is 11.3. The first-order valence-electron chi connectivity index (χ1n) is 8.79. The number of benzene rings is 1. The highest BCUT2D eigenvalue weighted by Gasteiger charge is 2.29. The third-order valence-corrected chi connectivity index (χ3v) is 4.11. The monoisotopic (exact) mass is 330 g/mol. The fourth-order valence-corrected chi connectivity index (χ4v) is 2.84. The van der Waals surface area contributed by atoms with Crippen molar-refractivity contribution in [2.24, 2.45) is 0 Å². The van der Waals surface area contributed by atoms with E-state index in [1.54, 1.807) is 0 Å². The molecule has 0 bridgehead atoms. The van der Waals surface area contributed by atoms with Gasteiger partial charge in [0.2, 0.25) is 0 Å². The van der Waals surface area contributed by atoms with Gasteiger partial charge in [-0.15, -0.1) is 0 Å². The van der Waals surface area contributed by atoms with Crippen molar-refractivity contribution in [1.82, 2.24) is 9.80 Å². The molecule has 0 aromatic heterocycles. The minimum Gasteiger partial charge on any atom is -0.444 e. The quantitative estimate of drug-likeness (QED) is 0.835. The molecule has 1 unspecified atom stereocenters. The summed E-state index contributed by atoms with van der Waals surface area (Å²) in [5.74, 6) is 0. The zero-order chi connectivity index (χ0) is 17.6. The van der Waals surface area contributed by atoms with Crippen molar-refractivity contribution in [2.45, 2.75) is 45.8 Å². The normalized spacial score (nSPS) is 19.7. The molecule has 1 aliphatic heterocycles. The van der Waals surface area contributed by atoms with Crippen LogP contribution in [-0.4, -0.2) is 53.7 Å². The molecule has 4 heteroatoms. The second-order valence-corrected chi connectivity index (χ2v) is 7.41. The summed E-state index contributed by atoms with van der Waals surface area (Å²) in [6.07, 6.45) is 5.22. The predicted molar refractivity (Wildman–Crippen MR) is 98.9 cm³/mol. The third kappa shape index (κ3) is 6.00. The van der Waals surface area contributed by atoms with E-state index in [0.717, 1.165) is 32.6 Å². The van der Waals surface area contributed by atoms with Gasteiger partial charge in [-0.1, -0.05) is 42.5 Å². The van der Waals surface area contributed by atoms with E-state index in [9.17, 15) is 4.79 Å². The van der Waals surface area contributed by atoms with Crippen LogP contribution in [0.2, 0.25) is 0 Å². The van der Waals surface area contributed by atoms with Crippen molar-refractivity contribution < 1.29 is 9.53 Å². The fraction of sp³-hybridized carbons (Fsp3) is 0.550. The van der Waals surface area contributed by atoms with Crippen LogP contribution in [-0.2, 0) is 4.74 Å².